The lowest BCUT2D eigenvalue weighted by Crippen LogP contribution is -2.01. The smallest absolute Gasteiger partial charge is 0.346 e. The predicted octanol–water partition coefficient (Wildman–Crippen LogP) is 4.74. The molecule has 0 amide bonds. The second-order valence-corrected chi connectivity index (χ2v) is 5.76. The Morgan fingerprint density at radius 2 is 1.26 bits per heavy atom. The lowest BCUT2D eigenvalue weighted by Gasteiger charge is -2.14. The maximum absolute atomic E-state index is 11.8. The first-order valence-corrected chi connectivity index (χ1v) is 8.27. The minimum absolute atomic E-state index is 0.184. The molecule has 132 valence electrons. The van der Waals surface area contributed by atoms with Gasteiger partial charge in [0.2, 0.25) is 0 Å². The van der Waals surface area contributed by atoms with Crippen LogP contribution in [0.3, 0.4) is 0 Å². The fraction of sp³-hybridized carbons (Fsp3) is 0. The van der Waals surface area contributed by atoms with E-state index in [1.807, 2.05) is 60.7 Å². The van der Waals surface area contributed by atoms with E-state index in [0.29, 0.717) is 28.6 Å². The summed E-state index contributed by atoms with van der Waals surface area (Å²) in [7, 11) is 0. The number of carbonyl (C=O) groups excluding carboxylic acids is 2. The molecule has 0 saturated carbocycles. The summed E-state index contributed by atoms with van der Waals surface area (Å²) in [6.07, 6.45) is 1.17. The zero-order valence-electron chi connectivity index (χ0n) is 14.1. The highest BCUT2D eigenvalue weighted by atomic mass is 16.6. The van der Waals surface area contributed by atoms with Gasteiger partial charge in [0.1, 0.15) is 11.5 Å². The van der Waals surface area contributed by atoms with Crippen molar-refractivity contribution in [1.29, 1.82) is 0 Å². The molecule has 0 radical (unpaired) electrons. The van der Waals surface area contributed by atoms with E-state index in [4.69, 9.17) is 9.47 Å². The van der Waals surface area contributed by atoms with Gasteiger partial charge in [-0.25, -0.2) is 9.59 Å². The molecular formula is C22H14O5. The number of cyclic esters (lactones) is 2. The summed E-state index contributed by atoms with van der Waals surface area (Å²) in [5.74, 6) is 0.805. The van der Waals surface area contributed by atoms with E-state index in [9.17, 15) is 9.59 Å². The van der Waals surface area contributed by atoms with E-state index in [-0.39, 0.29) is 5.57 Å². The molecule has 1 aliphatic rings. The Labute approximate surface area is 155 Å². The molecule has 0 atom stereocenters. The lowest BCUT2D eigenvalue weighted by atomic mass is 10.1. The highest BCUT2D eigenvalue weighted by molar-refractivity contribution is 6.28. The third-order valence-corrected chi connectivity index (χ3v) is 3.87. The summed E-state index contributed by atoms with van der Waals surface area (Å²) >= 11 is 0. The van der Waals surface area contributed by atoms with Crippen LogP contribution in [-0.4, -0.2) is 11.9 Å². The van der Waals surface area contributed by atoms with Crippen molar-refractivity contribution in [3.8, 4) is 23.0 Å². The molecule has 1 aliphatic heterocycles. The van der Waals surface area contributed by atoms with Gasteiger partial charge in [0.15, 0.2) is 11.5 Å². The molecule has 0 unspecified atom stereocenters. The van der Waals surface area contributed by atoms with Gasteiger partial charge in [0.05, 0.1) is 5.57 Å². The van der Waals surface area contributed by atoms with E-state index < -0.39 is 11.9 Å². The Bertz CT molecular complexity index is 1020. The van der Waals surface area contributed by atoms with Crippen molar-refractivity contribution < 1.29 is 23.8 Å². The van der Waals surface area contributed by atoms with Crippen molar-refractivity contribution >= 4 is 17.5 Å². The maximum Gasteiger partial charge on any atom is 0.346 e. The average molecular weight is 358 g/mol. The number of hydrogen-bond acceptors (Lipinski definition) is 5. The summed E-state index contributed by atoms with van der Waals surface area (Å²) in [5, 5.41) is 0. The van der Waals surface area contributed by atoms with Crippen molar-refractivity contribution in [2.45, 2.75) is 0 Å². The maximum atomic E-state index is 11.8. The van der Waals surface area contributed by atoms with Crippen LogP contribution in [-0.2, 0) is 14.3 Å². The molecule has 1 heterocycles. The Hall–Kier alpha value is -3.86. The first-order chi connectivity index (χ1) is 13.2. The summed E-state index contributed by atoms with van der Waals surface area (Å²) in [4.78, 5) is 23.2. The quantitative estimate of drug-likeness (QED) is 0.487. The molecule has 0 aromatic heterocycles. The van der Waals surface area contributed by atoms with Crippen LogP contribution in [0.1, 0.15) is 5.56 Å². The molecule has 27 heavy (non-hydrogen) atoms. The van der Waals surface area contributed by atoms with Crippen molar-refractivity contribution in [2.24, 2.45) is 0 Å². The number of ether oxygens (including phenoxy) is 3. The summed E-state index contributed by atoms with van der Waals surface area (Å²) < 4.78 is 16.4. The largest absolute Gasteiger partial charge is 0.453 e. The number of benzene rings is 3. The SMILES string of the molecule is O=C1C=C(c2ccc(Oc3ccccc3)c(Oc3ccccc3)c2)C(=O)O1. The molecule has 5 heteroatoms. The Morgan fingerprint density at radius 1 is 0.667 bits per heavy atom. The van der Waals surface area contributed by atoms with Crippen molar-refractivity contribution in [2.75, 3.05) is 0 Å². The van der Waals surface area contributed by atoms with E-state index in [1.54, 1.807) is 18.2 Å². The van der Waals surface area contributed by atoms with Gasteiger partial charge in [-0.1, -0.05) is 42.5 Å². The van der Waals surface area contributed by atoms with Gasteiger partial charge in [-0.05, 0) is 42.0 Å². The predicted molar refractivity (Wildman–Crippen MR) is 98.6 cm³/mol. The lowest BCUT2D eigenvalue weighted by molar-refractivity contribution is -0.149. The zero-order valence-corrected chi connectivity index (χ0v) is 14.1. The molecule has 0 bridgehead atoms. The molecule has 5 nitrogen and oxygen atoms in total. The second kappa shape index (κ2) is 7.17. The Morgan fingerprint density at radius 3 is 1.81 bits per heavy atom. The molecule has 0 spiro atoms. The van der Waals surface area contributed by atoms with Gasteiger partial charge in [0, 0.05) is 6.08 Å². The van der Waals surface area contributed by atoms with E-state index >= 15 is 0 Å². The summed E-state index contributed by atoms with van der Waals surface area (Å²) in [6, 6.07) is 23.5. The van der Waals surface area contributed by atoms with Gasteiger partial charge in [-0.3, -0.25) is 0 Å². The first kappa shape index (κ1) is 16.6. The average Bonchev–Trinajstić information content (AvgIpc) is 3.03. The number of para-hydroxylation sites is 2. The molecule has 3 aromatic rings. The van der Waals surface area contributed by atoms with Gasteiger partial charge in [-0.2, -0.15) is 0 Å². The van der Waals surface area contributed by atoms with Gasteiger partial charge >= 0.3 is 11.9 Å². The number of esters is 2. The van der Waals surface area contributed by atoms with Crippen LogP contribution >= 0.6 is 0 Å². The van der Waals surface area contributed by atoms with Crippen LogP contribution in [0, 0.1) is 0 Å². The fourth-order valence-corrected chi connectivity index (χ4v) is 2.62. The third kappa shape index (κ3) is 3.72. The van der Waals surface area contributed by atoms with Crippen LogP contribution in [0.15, 0.2) is 84.9 Å². The summed E-state index contributed by atoms with van der Waals surface area (Å²) in [6.45, 7) is 0. The highest BCUT2D eigenvalue weighted by Gasteiger charge is 2.26. The number of rotatable bonds is 5. The normalized spacial score (nSPS) is 13.1. The van der Waals surface area contributed by atoms with E-state index in [0.717, 1.165) is 0 Å². The van der Waals surface area contributed by atoms with Crippen LogP contribution in [0.4, 0.5) is 0 Å². The zero-order chi connectivity index (χ0) is 18.6. The molecule has 0 aliphatic carbocycles. The fourth-order valence-electron chi connectivity index (χ4n) is 2.62. The monoisotopic (exact) mass is 358 g/mol. The Balaban J connectivity index is 1.73. The molecule has 0 saturated heterocycles. The molecule has 4 rings (SSSR count). The van der Waals surface area contributed by atoms with Crippen molar-refractivity contribution in [3.05, 3.63) is 90.5 Å². The van der Waals surface area contributed by atoms with Crippen LogP contribution in [0.2, 0.25) is 0 Å². The van der Waals surface area contributed by atoms with Gasteiger partial charge < -0.3 is 14.2 Å². The van der Waals surface area contributed by atoms with Crippen LogP contribution in [0.25, 0.3) is 5.57 Å². The Kier molecular flexibility index (Phi) is 4.41. The van der Waals surface area contributed by atoms with E-state index in [2.05, 4.69) is 4.74 Å². The second-order valence-electron chi connectivity index (χ2n) is 5.76. The minimum Gasteiger partial charge on any atom is -0.453 e. The first-order valence-electron chi connectivity index (χ1n) is 8.27. The number of carbonyl (C=O) groups is 2. The molecule has 3 aromatic carbocycles. The van der Waals surface area contributed by atoms with Crippen LogP contribution < -0.4 is 9.47 Å². The van der Waals surface area contributed by atoms with Crippen LogP contribution in [0.5, 0.6) is 23.0 Å². The van der Waals surface area contributed by atoms with Gasteiger partial charge in [0.25, 0.3) is 0 Å². The van der Waals surface area contributed by atoms with Crippen molar-refractivity contribution in [1.82, 2.24) is 0 Å². The topological polar surface area (TPSA) is 61.8 Å². The van der Waals surface area contributed by atoms with Crippen molar-refractivity contribution in [3.63, 3.8) is 0 Å². The minimum atomic E-state index is -0.678. The third-order valence-electron chi connectivity index (χ3n) is 3.87. The number of hydrogen-bond donors (Lipinski definition) is 0. The van der Waals surface area contributed by atoms with Gasteiger partial charge in [-0.15, -0.1) is 0 Å². The highest BCUT2D eigenvalue weighted by Crippen LogP contribution is 2.37. The standard InChI is InChI=1S/C22H14O5/c23-21-14-18(22(24)27-21)15-11-12-19(25-16-7-3-1-4-8-16)20(13-15)26-17-9-5-2-6-10-17/h1-14H. The summed E-state index contributed by atoms with van der Waals surface area (Å²) in [5.41, 5.74) is 0.696. The molecule has 0 N–H and O–H groups in total. The molecular weight excluding hydrogens is 344 g/mol. The molecule has 0 fully saturated rings. The van der Waals surface area contributed by atoms with E-state index in [1.165, 1.54) is 6.08 Å².